The van der Waals surface area contributed by atoms with Gasteiger partial charge in [-0.05, 0) is 42.8 Å². The number of urea groups is 1. The topological polar surface area (TPSA) is 79.7 Å². The number of benzene rings is 2. The zero-order chi connectivity index (χ0) is 22.0. The number of methoxy groups -OCH3 is 1. The molecule has 8 nitrogen and oxygen atoms in total. The van der Waals surface area contributed by atoms with Gasteiger partial charge in [0.15, 0.2) is 0 Å². The molecule has 0 atom stereocenters. The molecule has 1 N–H and O–H groups in total. The summed E-state index contributed by atoms with van der Waals surface area (Å²) < 4.78 is 7.25. The molecule has 0 unspecified atom stereocenters. The Bertz CT molecular complexity index is 1100. The molecule has 0 aliphatic heterocycles. The number of ether oxygens (including phenoxy) is 1. The van der Waals surface area contributed by atoms with Gasteiger partial charge in [-0.25, -0.2) is 9.78 Å². The molecule has 3 amide bonds. The summed E-state index contributed by atoms with van der Waals surface area (Å²) >= 11 is 0. The number of fused-ring (bicyclic) bond motifs is 1. The number of carbonyl (C=O) groups is 2. The zero-order valence-corrected chi connectivity index (χ0v) is 18.2. The second kappa shape index (κ2) is 8.44. The normalized spacial score (nSPS) is 10.7. The molecule has 30 heavy (non-hydrogen) atoms. The van der Waals surface area contributed by atoms with E-state index in [0.29, 0.717) is 29.4 Å². The van der Waals surface area contributed by atoms with Crippen molar-refractivity contribution in [3.8, 4) is 5.75 Å². The van der Waals surface area contributed by atoms with Crippen LogP contribution in [-0.4, -0.2) is 59.5 Å². The first-order chi connectivity index (χ1) is 14.2. The van der Waals surface area contributed by atoms with Gasteiger partial charge in [0, 0.05) is 33.8 Å². The van der Waals surface area contributed by atoms with E-state index in [9.17, 15) is 9.59 Å². The highest BCUT2D eigenvalue weighted by molar-refractivity contribution is 5.97. The van der Waals surface area contributed by atoms with E-state index in [-0.39, 0.29) is 11.9 Å². The maximum atomic E-state index is 12.7. The van der Waals surface area contributed by atoms with E-state index in [1.54, 1.807) is 45.3 Å². The molecule has 0 aliphatic carbocycles. The maximum absolute atomic E-state index is 12.7. The average molecular weight is 409 g/mol. The average Bonchev–Trinajstić information content (AvgIpc) is 3.02. The number of aryl methyl sites for hydroxylation is 2. The van der Waals surface area contributed by atoms with Crippen molar-refractivity contribution in [2.24, 2.45) is 7.05 Å². The van der Waals surface area contributed by atoms with E-state index in [1.165, 1.54) is 4.90 Å². The summed E-state index contributed by atoms with van der Waals surface area (Å²) in [6.45, 7) is 2.26. The van der Waals surface area contributed by atoms with Gasteiger partial charge >= 0.3 is 6.03 Å². The molecular weight excluding hydrogens is 382 g/mol. The van der Waals surface area contributed by atoms with E-state index in [2.05, 4.69) is 10.3 Å². The molecule has 1 heterocycles. The summed E-state index contributed by atoms with van der Waals surface area (Å²) in [5, 5.41) is 2.89. The minimum Gasteiger partial charge on any atom is -0.495 e. The molecule has 8 heteroatoms. The molecule has 3 rings (SSSR count). The van der Waals surface area contributed by atoms with Crippen molar-refractivity contribution in [1.29, 1.82) is 0 Å². The number of rotatable bonds is 5. The van der Waals surface area contributed by atoms with Crippen LogP contribution in [0.4, 0.5) is 10.5 Å². The number of hydrogen-bond donors (Lipinski definition) is 1. The zero-order valence-electron chi connectivity index (χ0n) is 18.2. The van der Waals surface area contributed by atoms with Crippen LogP contribution in [0.15, 0.2) is 36.4 Å². The van der Waals surface area contributed by atoms with Gasteiger partial charge in [-0.1, -0.05) is 6.07 Å². The summed E-state index contributed by atoms with van der Waals surface area (Å²) in [7, 11) is 8.60. The minimum atomic E-state index is -0.269. The molecule has 0 aliphatic rings. The molecule has 2 aromatic carbocycles. The number of hydrogen-bond acceptors (Lipinski definition) is 4. The van der Waals surface area contributed by atoms with Crippen LogP contribution in [0.2, 0.25) is 0 Å². The first-order valence-electron chi connectivity index (χ1n) is 9.55. The van der Waals surface area contributed by atoms with Crippen molar-refractivity contribution in [1.82, 2.24) is 19.4 Å². The fraction of sp³-hybridized carbons (Fsp3) is 0.318. The Balaban J connectivity index is 1.80. The lowest BCUT2D eigenvalue weighted by molar-refractivity contribution is 0.0827. The number of carbonyl (C=O) groups excluding carboxylic acids is 2. The third-order valence-electron chi connectivity index (χ3n) is 4.95. The van der Waals surface area contributed by atoms with Crippen LogP contribution in [0.1, 0.15) is 21.7 Å². The van der Waals surface area contributed by atoms with E-state index in [1.807, 2.05) is 42.8 Å². The molecule has 0 saturated carbocycles. The summed E-state index contributed by atoms with van der Waals surface area (Å²) in [6.07, 6.45) is 0. The highest BCUT2D eigenvalue weighted by Crippen LogP contribution is 2.25. The van der Waals surface area contributed by atoms with Gasteiger partial charge in [0.1, 0.15) is 11.6 Å². The predicted octanol–water partition coefficient (Wildman–Crippen LogP) is 3.26. The van der Waals surface area contributed by atoms with Gasteiger partial charge in [-0.15, -0.1) is 0 Å². The van der Waals surface area contributed by atoms with Gasteiger partial charge in [-0.2, -0.15) is 0 Å². The third kappa shape index (κ3) is 4.22. The number of nitrogens with one attached hydrogen (secondary N) is 1. The smallest absolute Gasteiger partial charge is 0.322 e. The molecule has 1 aromatic heterocycles. The summed E-state index contributed by atoms with van der Waals surface area (Å²) in [6, 6.07) is 10.8. The van der Waals surface area contributed by atoms with E-state index >= 15 is 0 Å². The Labute approximate surface area is 176 Å². The first-order valence-corrected chi connectivity index (χ1v) is 9.55. The van der Waals surface area contributed by atoms with Crippen LogP contribution in [0, 0.1) is 6.92 Å². The van der Waals surface area contributed by atoms with Crippen LogP contribution in [0.5, 0.6) is 5.75 Å². The number of imidazole rings is 1. The van der Waals surface area contributed by atoms with Crippen LogP contribution in [0.3, 0.4) is 0 Å². The standard InChI is InChI=1S/C22H27N5O3/c1-14-7-10-19(30-6)17(11-14)24-22(29)26(4)13-20-23-16-12-15(21(28)25(2)3)8-9-18(16)27(20)5/h7-12H,13H2,1-6H3,(H,24,29). The molecule has 0 radical (unpaired) electrons. The summed E-state index contributed by atoms with van der Waals surface area (Å²) in [4.78, 5) is 32.6. The lowest BCUT2D eigenvalue weighted by Gasteiger charge is -2.19. The summed E-state index contributed by atoms with van der Waals surface area (Å²) in [5.74, 6) is 1.24. The fourth-order valence-electron chi connectivity index (χ4n) is 3.20. The highest BCUT2D eigenvalue weighted by atomic mass is 16.5. The van der Waals surface area contributed by atoms with Gasteiger partial charge in [0.2, 0.25) is 0 Å². The number of nitrogens with zero attached hydrogens (tertiary/aromatic N) is 4. The lowest BCUT2D eigenvalue weighted by Crippen LogP contribution is -2.31. The van der Waals surface area contributed by atoms with E-state index < -0.39 is 0 Å². The third-order valence-corrected chi connectivity index (χ3v) is 4.95. The van der Waals surface area contributed by atoms with Gasteiger partial charge in [-0.3, -0.25) is 4.79 Å². The van der Waals surface area contributed by atoms with Crippen molar-refractivity contribution < 1.29 is 14.3 Å². The molecular formula is C22H27N5O3. The van der Waals surface area contributed by atoms with Crippen LogP contribution in [0.25, 0.3) is 11.0 Å². The predicted molar refractivity (Wildman–Crippen MR) is 117 cm³/mol. The second-order valence-corrected chi connectivity index (χ2v) is 7.48. The Morgan fingerprint density at radius 3 is 2.53 bits per heavy atom. The quantitative estimate of drug-likeness (QED) is 0.702. The molecule has 0 fully saturated rings. The Kier molecular flexibility index (Phi) is 5.96. The largest absolute Gasteiger partial charge is 0.495 e. The molecule has 3 aromatic rings. The van der Waals surface area contributed by atoms with Crippen molar-refractivity contribution >= 4 is 28.7 Å². The molecule has 0 saturated heterocycles. The van der Waals surface area contributed by atoms with Crippen molar-refractivity contribution in [3.63, 3.8) is 0 Å². The molecule has 158 valence electrons. The number of anilines is 1. The maximum Gasteiger partial charge on any atom is 0.322 e. The Morgan fingerprint density at radius 2 is 1.87 bits per heavy atom. The highest BCUT2D eigenvalue weighted by Gasteiger charge is 2.17. The SMILES string of the molecule is COc1ccc(C)cc1NC(=O)N(C)Cc1nc2cc(C(=O)N(C)C)ccc2n1C. The van der Waals surface area contributed by atoms with Crippen molar-refractivity contribution in [2.75, 3.05) is 33.6 Å². The van der Waals surface area contributed by atoms with E-state index in [0.717, 1.165) is 16.6 Å². The number of aromatic nitrogens is 2. The van der Waals surface area contributed by atoms with Crippen LogP contribution in [-0.2, 0) is 13.6 Å². The van der Waals surface area contributed by atoms with Crippen molar-refractivity contribution in [2.45, 2.75) is 13.5 Å². The fourth-order valence-corrected chi connectivity index (χ4v) is 3.20. The van der Waals surface area contributed by atoms with Gasteiger partial charge in [0.25, 0.3) is 5.91 Å². The van der Waals surface area contributed by atoms with Gasteiger partial charge in [0.05, 0.1) is 30.4 Å². The second-order valence-electron chi connectivity index (χ2n) is 7.48. The van der Waals surface area contributed by atoms with Crippen molar-refractivity contribution in [3.05, 3.63) is 53.3 Å². The van der Waals surface area contributed by atoms with Gasteiger partial charge < -0.3 is 24.4 Å². The van der Waals surface area contributed by atoms with Crippen LogP contribution < -0.4 is 10.1 Å². The van der Waals surface area contributed by atoms with E-state index in [4.69, 9.17) is 4.74 Å². The van der Waals surface area contributed by atoms with Crippen LogP contribution >= 0.6 is 0 Å². The minimum absolute atomic E-state index is 0.0762. The first kappa shape index (κ1) is 21.2. The molecule has 0 bridgehead atoms. The summed E-state index contributed by atoms with van der Waals surface area (Å²) in [5.41, 5.74) is 3.83. The lowest BCUT2D eigenvalue weighted by atomic mass is 10.2. The Hall–Kier alpha value is -3.55. The monoisotopic (exact) mass is 409 g/mol. The number of amides is 3. The Morgan fingerprint density at radius 1 is 1.13 bits per heavy atom. The molecule has 0 spiro atoms.